The summed E-state index contributed by atoms with van der Waals surface area (Å²) in [5.74, 6) is -1.24. The highest BCUT2D eigenvalue weighted by Gasteiger charge is 2.55. The number of halogens is 3. The predicted molar refractivity (Wildman–Crippen MR) is 117 cm³/mol. The summed E-state index contributed by atoms with van der Waals surface area (Å²) in [6, 6.07) is 10.4. The number of ether oxygens (including phenoxy) is 1. The van der Waals surface area contributed by atoms with Crippen molar-refractivity contribution >= 4 is 5.91 Å². The molecule has 1 saturated heterocycles. The zero-order chi connectivity index (χ0) is 23.3. The van der Waals surface area contributed by atoms with Crippen molar-refractivity contribution in [3.63, 3.8) is 0 Å². The van der Waals surface area contributed by atoms with Crippen LogP contribution in [0.5, 0.6) is 5.75 Å². The molecule has 0 bridgehead atoms. The molecular weight excluding hydrogens is 431 g/mol. The second-order valence-electron chi connectivity index (χ2n) is 9.19. The number of hydrogen-bond donors (Lipinski definition) is 0. The van der Waals surface area contributed by atoms with E-state index in [0.717, 1.165) is 41.4 Å². The quantitative estimate of drug-likeness (QED) is 0.530. The van der Waals surface area contributed by atoms with E-state index in [-0.39, 0.29) is 34.5 Å². The van der Waals surface area contributed by atoms with Gasteiger partial charge in [0, 0.05) is 35.8 Å². The first-order chi connectivity index (χ1) is 15.8. The lowest BCUT2D eigenvalue weighted by Gasteiger charge is -2.59. The van der Waals surface area contributed by atoms with Crippen LogP contribution >= 0.6 is 0 Å². The first-order valence-electron chi connectivity index (χ1n) is 10.9. The van der Waals surface area contributed by atoms with Gasteiger partial charge in [0.05, 0.1) is 17.3 Å². The highest BCUT2D eigenvalue weighted by atomic mass is 19.1. The maximum absolute atomic E-state index is 13.7. The molecule has 2 aliphatic rings. The summed E-state index contributed by atoms with van der Waals surface area (Å²) in [5, 5.41) is 4.75. The van der Waals surface area contributed by atoms with Gasteiger partial charge in [0.25, 0.3) is 5.91 Å². The Labute approximate surface area is 189 Å². The summed E-state index contributed by atoms with van der Waals surface area (Å²) >= 11 is 0. The molecule has 5 rings (SSSR count). The maximum atomic E-state index is 13.7. The first-order valence-corrected chi connectivity index (χ1v) is 10.9. The van der Waals surface area contributed by atoms with Crippen molar-refractivity contribution in [3.8, 4) is 17.0 Å². The predicted octanol–water partition coefficient (Wildman–Crippen LogP) is 5.23. The zero-order valence-electron chi connectivity index (χ0n) is 18.4. The monoisotopic (exact) mass is 455 g/mol. The standard InChI is InChI=1S/C25H24F3N3O2/c1-15-3-4-17(27)8-21(15)22-7-16(2)31(29-22)19-10-25(11-19)12-30(13-25)24(32)20-6-5-18(28)9-23(20)33-14-26/h3-9,19H,10-14H2,1-2H3. The second kappa shape index (κ2) is 7.93. The fraction of sp³-hybridized carbons (Fsp3) is 0.360. The molecule has 0 atom stereocenters. The van der Waals surface area contributed by atoms with Crippen LogP contribution in [0.25, 0.3) is 11.3 Å². The van der Waals surface area contributed by atoms with E-state index < -0.39 is 12.7 Å². The molecule has 2 fully saturated rings. The minimum atomic E-state index is -1.13. The van der Waals surface area contributed by atoms with E-state index in [0.29, 0.717) is 13.1 Å². The van der Waals surface area contributed by atoms with Gasteiger partial charge in [-0.3, -0.25) is 9.48 Å². The Bertz CT molecular complexity index is 1230. The van der Waals surface area contributed by atoms with Crippen LogP contribution in [0.2, 0.25) is 0 Å². The van der Waals surface area contributed by atoms with E-state index in [9.17, 15) is 18.0 Å². The number of benzene rings is 2. The molecule has 1 amide bonds. The molecule has 1 aliphatic heterocycles. The Balaban J connectivity index is 1.25. The van der Waals surface area contributed by atoms with Gasteiger partial charge in [-0.15, -0.1) is 0 Å². The number of aryl methyl sites for hydroxylation is 2. The van der Waals surface area contributed by atoms with Gasteiger partial charge in [-0.2, -0.15) is 5.10 Å². The largest absolute Gasteiger partial charge is 0.462 e. The van der Waals surface area contributed by atoms with Crippen LogP contribution in [-0.4, -0.2) is 40.5 Å². The lowest BCUT2D eigenvalue weighted by molar-refractivity contribution is -0.0743. The van der Waals surface area contributed by atoms with Crippen molar-refractivity contribution in [1.29, 1.82) is 0 Å². The van der Waals surface area contributed by atoms with Crippen molar-refractivity contribution in [1.82, 2.24) is 14.7 Å². The molecule has 1 aliphatic carbocycles. The van der Waals surface area contributed by atoms with Crippen LogP contribution in [0.4, 0.5) is 13.2 Å². The first kappa shape index (κ1) is 21.6. The summed E-state index contributed by atoms with van der Waals surface area (Å²) in [6.07, 6.45) is 1.77. The third-order valence-corrected chi connectivity index (χ3v) is 6.81. The molecule has 172 valence electrons. The van der Waals surface area contributed by atoms with Crippen LogP contribution in [0.15, 0.2) is 42.5 Å². The molecule has 1 saturated carbocycles. The SMILES string of the molecule is Cc1ccc(F)cc1-c1cc(C)n(C2CC3(C2)CN(C(=O)c2ccc(F)cc2OCF)C3)n1. The Morgan fingerprint density at radius 1 is 1.09 bits per heavy atom. The zero-order valence-corrected chi connectivity index (χ0v) is 18.4. The molecule has 5 nitrogen and oxygen atoms in total. The number of aromatic nitrogens is 2. The smallest absolute Gasteiger partial charge is 0.257 e. The number of carbonyl (C=O) groups is 1. The van der Waals surface area contributed by atoms with Crippen molar-refractivity contribution in [2.24, 2.45) is 5.41 Å². The molecule has 1 aromatic heterocycles. The van der Waals surface area contributed by atoms with Gasteiger partial charge in [0.2, 0.25) is 6.86 Å². The van der Waals surface area contributed by atoms with Crippen LogP contribution < -0.4 is 4.74 Å². The Hall–Kier alpha value is -3.29. The summed E-state index contributed by atoms with van der Waals surface area (Å²) in [4.78, 5) is 14.5. The number of alkyl halides is 1. The molecule has 0 N–H and O–H groups in total. The van der Waals surface area contributed by atoms with Gasteiger partial charge in [0.15, 0.2) is 0 Å². The Morgan fingerprint density at radius 2 is 1.79 bits per heavy atom. The molecule has 2 heterocycles. The summed E-state index contributed by atoms with van der Waals surface area (Å²) < 4.78 is 46.6. The molecule has 33 heavy (non-hydrogen) atoms. The van der Waals surface area contributed by atoms with E-state index in [2.05, 4.69) is 0 Å². The van der Waals surface area contributed by atoms with Crippen molar-refractivity contribution < 1.29 is 22.7 Å². The molecule has 0 radical (unpaired) electrons. The fourth-order valence-electron chi connectivity index (χ4n) is 5.16. The number of amides is 1. The van der Waals surface area contributed by atoms with Crippen molar-refractivity contribution in [2.45, 2.75) is 32.7 Å². The molecule has 3 aromatic rings. The number of carbonyl (C=O) groups excluding carboxylic acids is 1. The molecule has 2 aromatic carbocycles. The maximum Gasteiger partial charge on any atom is 0.257 e. The minimum Gasteiger partial charge on any atom is -0.462 e. The van der Waals surface area contributed by atoms with E-state index in [1.165, 1.54) is 24.3 Å². The van der Waals surface area contributed by atoms with E-state index in [1.54, 1.807) is 11.0 Å². The van der Waals surface area contributed by atoms with E-state index in [4.69, 9.17) is 9.84 Å². The van der Waals surface area contributed by atoms with Gasteiger partial charge in [0.1, 0.15) is 17.4 Å². The fourth-order valence-corrected chi connectivity index (χ4v) is 5.16. The topological polar surface area (TPSA) is 47.4 Å². The second-order valence-corrected chi connectivity index (χ2v) is 9.19. The normalized spacial score (nSPS) is 17.1. The van der Waals surface area contributed by atoms with Gasteiger partial charge in [-0.25, -0.2) is 13.2 Å². The number of likely N-dealkylation sites (tertiary alicyclic amines) is 1. The van der Waals surface area contributed by atoms with E-state index in [1.807, 2.05) is 24.6 Å². The Morgan fingerprint density at radius 3 is 2.52 bits per heavy atom. The van der Waals surface area contributed by atoms with E-state index >= 15 is 0 Å². The summed E-state index contributed by atoms with van der Waals surface area (Å²) in [7, 11) is 0. The third kappa shape index (κ3) is 3.77. The van der Waals surface area contributed by atoms with Crippen LogP contribution in [0, 0.1) is 30.9 Å². The molecule has 0 unspecified atom stereocenters. The molecule has 1 spiro atoms. The lowest BCUT2D eigenvalue weighted by atomic mass is 9.60. The van der Waals surface area contributed by atoms with Crippen molar-refractivity contribution in [2.75, 3.05) is 20.0 Å². The molecular formula is C25H24F3N3O2. The van der Waals surface area contributed by atoms with Gasteiger partial charge >= 0.3 is 0 Å². The molecule has 8 heteroatoms. The van der Waals surface area contributed by atoms with Crippen LogP contribution in [-0.2, 0) is 0 Å². The van der Waals surface area contributed by atoms with Gasteiger partial charge in [-0.05, 0) is 62.6 Å². The number of nitrogens with zero attached hydrogens (tertiary/aromatic N) is 3. The van der Waals surface area contributed by atoms with Crippen LogP contribution in [0.1, 0.15) is 40.5 Å². The average Bonchev–Trinajstić information content (AvgIpc) is 3.09. The Kier molecular flexibility index (Phi) is 5.18. The lowest BCUT2D eigenvalue weighted by Crippen LogP contribution is -2.63. The third-order valence-electron chi connectivity index (χ3n) is 6.81. The number of hydrogen-bond acceptors (Lipinski definition) is 3. The average molecular weight is 455 g/mol. The number of rotatable bonds is 5. The van der Waals surface area contributed by atoms with Gasteiger partial charge < -0.3 is 9.64 Å². The summed E-state index contributed by atoms with van der Waals surface area (Å²) in [5.41, 5.74) is 3.73. The van der Waals surface area contributed by atoms with Gasteiger partial charge in [-0.1, -0.05) is 6.07 Å². The minimum absolute atomic E-state index is 0.0365. The highest BCUT2D eigenvalue weighted by Crippen LogP contribution is 2.54. The van der Waals surface area contributed by atoms with Crippen molar-refractivity contribution in [3.05, 3.63) is 70.9 Å². The highest BCUT2D eigenvalue weighted by molar-refractivity contribution is 5.97. The summed E-state index contributed by atoms with van der Waals surface area (Å²) in [6.45, 7) is 3.98. The van der Waals surface area contributed by atoms with Crippen LogP contribution in [0.3, 0.4) is 0 Å².